The number of hydrogen-bond donors (Lipinski definition) is 1. The van der Waals surface area contributed by atoms with Gasteiger partial charge in [-0.15, -0.1) is 0 Å². The van der Waals surface area contributed by atoms with E-state index in [1.165, 1.54) is 16.8 Å². The molecule has 0 aliphatic carbocycles. The summed E-state index contributed by atoms with van der Waals surface area (Å²) in [6.45, 7) is 3.33. The first-order valence-electron chi connectivity index (χ1n) is 9.45. The summed E-state index contributed by atoms with van der Waals surface area (Å²) in [5, 5.41) is 9.62. The largest absolute Gasteiger partial charge is 0.394 e. The highest BCUT2D eigenvalue weighted by atomic mass is 16.8. The summed E-state index contributed by atoms with van der Waals surface area (Å²) < 4.78 is 25.4. The molecular formula is C20H24N2O7. The highest BCUT2D eigenvalue weighted by Gasteiger charge is 2.55. The van der Waals surface area contributed by atoms with E-state index in [1.54, 1.807) is 13.8 Å². The molecule has 9 nitrogen and oxygen atoms in total. The van der Waals surface area contributed by atoms with E-state index in [0.717, 1.165) is 10.1 Å². The van der Waals surface area contributed by atoms with Gasteiger partial charge in [0.15, 0.2) is 12.0 Å². The number of rotatable bonds is 6. The lowest BCUT2D eigenvalue weighted by atomic mass is 10.1. The molecule has 29 heavy (non-hydrogen) atoms. The van der Waals surface area contributed by atoms with Gasteiger partial charge in [0.1, 0.15) is 25.0 Å². The van der Waals surface area contributed by atoms with Gasteiger partial charge in [-0.05, 0) is 19.4 Å². The van der Waals surface area contributed by atoms with Crippen LogP contribution in [0.5, 0.6) is 0 Å². The average Bonchev–Trinajstić information content (AvgIpc) is 3.18. The van der Waals surface area contributed by atoms with Crippen molar-refractivity contribution in [2.24, 2.45) is 0 Å². The zero-order valence-corrected chi connectivity index (χ0v) is 16.3. The van der Waals surface area contributed by atoms with Gasteiger partial charge in [0.2, 0.25) is 0 Å². The normalized spacial score (nSPS) is 27.8. The molecule has 2 aliphatic rings. The second-order valence-corrected chi connectivity index (χ2v) is 7.55. The maximum Gasteiger partial charge on any atom is 0.335 e. The minimum absolute atomic E-state index is 0.194. The van der Waals surface area contributed by atoms with Gasteiger partial charge in [-0.1, -0.05) is 30.3 Å². The molecule has 0 amide bonds. The highest BCUT2D eigenvalue weighted by molar-refractivity contribution is 5.13. The smallest absolute Gasteiger partial charge is 0.335 e. The Kier molecular flexibility index (Phi) is 5.41. The van der Waals surface area contributed by atoms with Crippen LogP contribution in [0.25, 0.3) is 0 Å². The van der Waals surface area contributed by atoms with Crippen LogP contribution in [0.2, 0.25) is 0 Å². The molecule has 0 bridgehead atoms. The Labute approximate surface area is 167 Å². The second kappa shape index (κ2) is 7.85. The molecule has 9 heteroatoms. The fourth-order valence-electron chi connectivity index (χ4n) is 3.70. The molecule has 1 aromatic heterocycles. The number of nitrogens with zero attached hydrogens (tertiary/aromatic N) is 2. The van der Waals surface area contributed by atoms with Crippen molar-refractivity contribution in [2.75, 3.05) is 6.61 Å². The van der Waals surface area contributed by atoms with Gasteiger partial charge in [-0.3, -0.25) is 9.36 Å². The maximum absolute atomic E-state index is 13.0. The number of hydrogen-bond acceptors (Lipinski definition) is 7. The molecule has 0 spiro atoms. The molecule has 0 radical (unpaired) electrons. The molecule has 2 saturated heterocycles. The van der Waals surface area contributed by atoms with Gasteiger partial charge < -0.3 is 24.1 Å². The molecule has 4 rings (SSSR count). The number of aliphatic hydroxyl groups excluding tert-OH is 1. The van der Waals surface area contributed by atoms with Crippen molar-refractivity contribution in [3.05, 3.63) is 69.0 Å². The number of aromatic nitrogens is 2. The summed E-state index contributed by atoms with van der Waals surface area (Å²) >= 11 is 0. The third-order valence-corrected chi connectivity index (χ3v) is 5.01. The molecule has 1 aromatic carbocycles. The van der Waals surface area contributed by atoms with Gasteiger partial charge in [0.05, 0.1) is 13.2 Å². The van der Waals surface area contributed by atoms with Crippen LogP contribution in [0, 0.1) is 0 Å². The minimum atomic E-state index is -0.859. The Bertz CT molecular complexity index is 969. The maximum atomic E-state index is 13.0. The van der Waals surface area contributed by atoms with Crippen molar-refractivity contribution in [3.63, 3.8) is 0 Å². The summed E-state index contributed by atoms with van der Waals surface area (Å²) in [6, 6.07) is 10.7. The fourth-order valence-corrected chi connectivity index (χ4v) is 3.70. The Morgan fingerprint density at radius 2 is 1.83 bits per heavy atom. The summed E-state index contributed by atoms with van der Waals surface area (Å²) in [5.41, 5.74) is -0.124. The number of aliphatic hydroxyl groups is 1. The Balaban J connectivity index is 1.56. The van der Waals surface area contributed by atoms with Crippen molar-refractivity contribution in [2.45, 2.75) is 57.5 Å². The van der Waals surface area contributed by atoms with Gasteiger partial charge >= 0.3 is 5.69 Å². The Hall–Kier alpha value is -2.30. The van der Waals surface area contributed by atoms with Crippen molar-refractivity contribution >= 4 is 0 Å². The van der Waals surface area contributed by atoms with Gasteiger partial charge in [0.25, 0.3) is 5.56 Å². The number of fused-ring (bicyclic) bond motifs is 1. The first-order valence-corrected chi connectivity index (χ1v) is 9.45. The summed E-state index contributed by atoms with van der Waals surface area (Å²) in [7, 11) is 0. The first-order chi connectivity index (χ1) is 13.9. The third kappa shape index (κ3) is 3.92. The predicted octanol–water partition coefficient (Wildman–Crippen LogP) is 0.594. The summed E-state index contributed by atoms with van der Waals surface area (Å²) in [6.07, 6.45) is -1.19. The molecule has 2 aromatic rings. The molecule has 2 fully saturated rings. The molecular weight excluding hydrogens is 380 g/mol. The van der Waals surface area contributed by atoms with E-state index in [2.05, 4.69) is 0 Å². The molecule has 0 unspecified atom stereocenters. The lowest BCUT2D eigenvalue weighted by Gasteiger charge is -2.24. The predicted molar refractivity (Wildman–Crippen MR) is 101 cm³/mol. The molecule has 2 aliphatic heterocycles. The Morgan fingerprint density at radius 1 is 1.10 bits per heavy atom. The minimum Gasteiger partial charge on any atom is -0.394 e. The monoisotopic (exact) mass is 404 g/mol. The zero-order chi connectivity index (χ0) is 20.6. The van der Waals surface area contributed by atoms with Crippen LogP contribution in [0.3, 0.4) is 0 Å². The van der Waals surface area contributed by atoms with E-state index in [4.69, 9.17) is 18.9 Å². The molecule has 156 valence electrons. The molecule has 0 saturated carbocycles. The van der Waals surface area contributed by atoms with E-state index in [1.807, 2.05) is 30.3 Å². The topological polar surface area (TPSA) is 101 Å². The quantitative estimate of drug-likeness (QED) is 0.752. The summed E-state index contributed by atoms with van der Waals surface area (Å²) in [5.74, 6) is -0.859. The molecule has 1 N–H and O–H groups in total. The van der Waals surface area contributed by atoms with Gasteiger partial charge in [0, 0.05) is 12.3 Å². The highest BCUT2D eigenvalue weighted by Crippen LogP contribution is 2.42. The third-order valence-electron chi connectivity index (χ3n) is 5.01. The number of ether oxygens (including phenoxy) is 4. The van der Waals surface area contributed by atoms with E-state index < -0.39 is 41.6 Å². The van der Waals surface area contributed by atoms with E-state index in [9.17, 15) is 14.7 Å². The SMILES string of the molecule is CC1(C)O[C@@H]2[C@H](O1)[C@@H](CO)O[C@H]2n1ccc(=O)n(COCc2ccccc2)c1=O. The van der Waals surface area contributed by atoms with E-state index in [0.29, 0.717) is 0 Å². The van der Waals surface area contributed by atoms with Crippen LogP contribution in [0.4, 0.5) is 0 Å². The van der Waals surface area contributed by atoms with Crippen molar-refractivity contribution in [1.29, 1.82) is 0 Å². The van der Waals surface area contributed by atoms with Crippen LogP contribution >= 0.6 is 0 Å². The van der Waals surface area contributed by atoms with Crippen molar-refractivity contribution < 1.29 is 24.1 Å². The van der Waals surface area contributed by atoms with Crippen molar-refractivity contribution in [3.8, 4) is 0 Å². The van der Waals surface area contributed by atoms with Crippen molar-refractivity contribution in [1.82, 2.24) is 9.13 Å². The van der Waals surface area contributed by atoms with Gasteiger partial charge in [-0.2, -0.15) is 0 Å². The molecule has 4 atom stereocenters. The fraction of sp³-hybridized carbons (Fsp3) is 0.500. The first kappa shape index (κ1) is 20.0. The summed E-state index contributed by atoms with van der Waals surface area (Å²) in [4.78, 5) is 25.2. The number of benzene rings is 1. The van der Waals surface area contributed by atoms with Gasteiger partial charge in [-0.25, -0.2) is 9.36 Å². The van der Waals surface area contributed by atoms with E-state index in [-0.39, 0.29) is 19.9 Å². The zero-order valence-electron chi connectivity index (χ0n) is 16.3. The average molecular weight is 404 g/mol. The second-order valence-electron chi connectivity index (χ2n) is 7.55. The van der Waals surface area contributed by atoms with Crippen LogP contribution in [0.15, 0.2) is 52.2 Å². The lowest BCUT2D eigenvalue weighted by Crippen LogP contribution is -2.43. The van der Waals surface area contributed by atoms with E-state index >= 15 is 0 Å². The standard InChI is InChI=1S/C20H24N2O7/c1-20(2)28-16-14(10-23)27-18(17(16)29-20)21-9-8-15(24)22(19(21)25)12-26-11-13-6-4-3-5-7-13/h3-9,14,16-18,23H,10-12H2,1-2H3/t14-,16-,17-,18-/m1/s1. The van der Waals surface area contributed by atoms with Crippen LogP contribution in [-0.2, 0) is 32.3 Å². The van der Waals surface area contributed by atoms with Crippen LogP contribution in [-0.4, -0.2) is 44.9 Å². The molecule has 3 heterocycles. The van der Waals surface area contributed by atoms with Crippen LogP contribution in [0.1, 0.15) is 25.6 Å². The van der Waals surface area contributed by atoms with Crippen LogP contribution < -0.4 is 11.2 Å². The lowest BCUT2D eigenvalue weighted by molar-refractivity contribution is -0.200. The Morgan fingerprint density at radius 3 is 2.55 bits per heavy atom.